The number of hydrogen-bond acceptors (Lipinski definition) is 3. The predicted molar refractivity (Wildman–Crippen MR) is 91.5 cm³/mol. The van der Waals surface area contributed by atoms with E-state index in [0.717, 1.165) is 22.4 Å². The standard InChI is InChI=1S/C19H24N2O2/c1-13(2)7-18(22)21-12-16-5-6-20-19(11-16)23-17-9-14(3)8-15(4)10-17/h5-6,8-11,13H,7,12H2,1-4H3,(H,21,22). The molecule has 0 atom stereocenters. The van der Waals surface area contributed by atoms with E-state index in [1.807, 2.05) is 52.0 Å². The minimum absolute atomic E-state index is 0.0635. The highest BCUT2D eigenvalue weighted by Gasteiger charge is 2.06. The number of nitrogens with one attached hydrogen (secondary N) is 1. The van der Waals surface area contributed by atoms with Crippen molar-refractivity contribution in [2.75, 3.05) is 0 Å². The number of ether oxygens (including phenoxy) is 1. The van der Waals surface area contributed by atoms with Crippen molar-refractivity contribution in [3.05, 3.63) is 53.2 Å². The molecule has 1 aromatic heterocycles. The van der Waals surface area contributed by atoms with Crippen LogP contribution < -0.4 is 10.1 Å². The summed E-state index contributed by atoms with van der Waals surface area (Å²) in [6.07, 6.45) is 2.24. The van der Waals surface area contributed by atoms with Crippen LogP contribution in [0.25, 0.3) is 0 Å². The number of hydrogen-bond donors (Lipinski definition) is 1. The topological polar surface area (TPSA) is 51.2 Å². The van der Waals surface area contributed by atoms with Gasteiger partial charge in [-0.15, -0.1) is 0 Å². The summed E-state index contributed by atoms with van der Waals surface area (Å²) >= 11 is 0. The summed E-state index contributed by atoms with van der Waals surface area (Å²) in [4.78, 5) is 16.0. The maximum atomic E-state index is 11.7. The smallest absolute Gasteiger partial charge is 0.220 e. The Balaban J connectivity index is 2.00. The predicted octanol–water partition coefficient (Wildman–Crippen LogP) is 4.15. The van der Waals surface area contributed by atoms with Gasteiger partial charge in [-0.2, -0.15) is 0 Å². The Kier molecular flexibility index (Phi) is 5.74. The highest BCUT2D eigenvalue weighted by Crippen LogP contribution is 2.22. The maximum Gasteiger partial charge on any atom is 0.220 e. The van der Waals surface area contributed by atoms with Crippen molar-refractivity contribution in [3.63, 3.8) is 0 Å². The third-order valence-electron chi connectivity index (χ3n) is 3.30. The van der Waals surface area contributed by atoms with Crippen LogP contribution in [0.4, 0.5) is 0 Å². The highest BCUT2D eigenvalue weighted by atomic mass is 16.5. The van der Waals surface area contributed by atoms with Gasteiger partial charge in [-0.1, -0.05) is 19.9 Å². The van der Waals surface area contributed by atoms with Crippen LogP contribution in [0.15, 0.2) is 36.5 Å². The summed E-state index contributed by atoms with van der Waals surface area (Å²) in [5.41, 5.74) is 3.27. The van der Waals surface area contributed by atoms with Crippen LogP contribution in [0.2, 0.25) is 0 Å². The first-order valence-corrected chi connectivity index (χ1v) is 7.90. The van der Waals surface area contributed by atoms with Crippen LogP contribution in [-0.2, 0) is 11.3 Å². The van der Waals surface area contributed by atoms with Crippen molar-refractivity contribution in [1.29, 1.82) is 0 Å². The molecule has 4 heteroatoms. The van der Waals surface area contributed by atoms with Crippen molar-refractivity contribution in [1.82, 2.24) is 10.3 Å². The second-order valence-corrected chi connectivity index (χ2v) is 6.30. The van der Waals surface area contributed by atoms with Gasteiger partial charge >= 0.3 is 0 Å². The summed E-state index contributed by atoms with van der Waals surface area (Å²) < 4.78 is 5.83. The number of rotatable bonds is 6. The second-order valence-electron chi connectivity index (χ2n) is 6.30. The van der Waals surface area contributed by atoms with Gasteiger partial charge in [-0.05, 0) is 54.7 Å². The van der Waals surface area contributed by atoms with Gasteiger partial charge in [0.1, 0.15) is 5.75 Å². The summed E-state index contributed by atoms with van der Waals surface area (Å²) in [5.74, 6) is 1.73. The zero-order chi connectivity index (χ0) is 16.8. The van der Waals surface area contributed by atoms with E-state index in [1.54, 1.807) is 6.20 Å². The fourth-order valence-corrected chi connectivity index (χ4v) is 2.37. The molecule has 23 heavy (non-hydrogen) atoms. The SMILES string of the molecule is Cc1cc(C)cc(Oc2cc(CNC(=O)CC(C)C)ccn2)c1. The molecule has 0 aliphatic carbocycles. The van der Waals surface area contributed by atoms with E-state index in [2.05, 4.69) is 16.4 Å². The molecule has 0 saturated carbocycles. The lowest BCUT2D eigenvalue weighted by atomic mass is 10.1. The molecular weight excluding hydrogens is 288 g/mol. The molecule has 0 fully saturated rings. The zero-order valence-corrected chi connectivity index (χ0v) is 14.2. The zero-order valence-electron chi connectivity index (χ0n) is 14.2. The van der Waals surface area contributed by atoms with Gasteiger partial charge in [0.2, 0.25) is 11.8 Å². The summed E-state index contributed by atoms with van der Waals surface area (Å²) in [7, 11) is 0. The van der Waals surface area contributed by atoms with Gasteiger partial charge in [-0.25, -0.2) is 4.98 Å². The van der Waals surface area contributed by atoms with E-state index in [1.165, 1.54) is 0 Å². The van der Waals surface area contributed by atoms with Crippen LogP contribution in [0.5, 0.6) is 11.6 Å². The van der Waals surface area contributed by atoms with Crippen molar-refractivity contribution in [2.24, 2.45) is 5.92 Å². The summed E-state index contributed by atoms with van der Waals surface area (Å²) in [6.45, 7) is 8.61. The van der Waals surface area contributed by atoms with E-state index in [-0.39, 0.29) is 5.91 Å². The lowest BCUT2D eigenvalue weighted by Crippen LogP contribution is -2.23. The quantitative estimate of drug-likeness (QED) is 0.871. The lowest BCUT2D eigenvalue weighted by Gasteiger charge is -2.10. The third-order valence-corrected chi connectivity index (χ3v) is 3.30. The Bertz CT molecular complexity index is 661. The fraction of sp³-hybridized carbons (Fsp3) is 0.368. The number of carbonyl (C=O) groups excluding carboxylic acids is 1. The molecule has 0 unspecified atom stereocenters. The minimum Gasteiger partial charge on any atom is -0.439 e. The molecule has 0 bridgehead atoms. The van der Waals surface area contributed by atoms with E-state index < -0.39 is 0 Å². The van der Waals surface area contributed by atoms with Crippen LogP contribution in [-0.4, -0.2) is 10.9 Å². The average Bonchev–Trinajstić information content (AvgIpc) is 2.43. The Labute approximate surface area is 137 Å². The first-order chi connectivity index (χ1) is 10.9. The third kappa shape index (κ3) is 5.74. The molecule has 2 aromatic rings. The molecule has 0 saturated heterocycles. The molecular formula is C19H24N2O2. The molecule has 0 radical (unpaired) electrons. The Hall–Kier alpha value is -2.36. The van der Waals surface area contributed by atoms with E-state index >= 15 is 0 Å². The minimum atomic E-state index is 0.0635. The molecule has 0 aliphatic rings. The van der Waals surface area contributed by atoms with Crippen molar-refractivity contribution in [3.8, 4) is 11.6 Å². The van der Waals surface area contributed by atoms with E-state index in [4.69, 9.17) is 4.74 Å². The van der Waals surface area contributed by atoms with Crippen molar-refractivity contribution < 1.29 is 9.53 Å². The normalized spacial score (nSPS) is 10.7. The first-order valence-electron chi connectivity index (χ1n) is 7.90. The van der Waals surface area contributed by atoms with Crippen molar-refractivity contribution >= 4 is 5.91 Å². The summed E-state index contributed by atoms with van der Waals surface area (Å²) in [5, 5.41) is 2.92. The highest BCUT2D eigenvalue weighted by molar-refractivity contribution is 5.76. The van der Waals surface area contributed by atoms with Gasteiger partial charge in [0.05, 0.1) is 0 Å². The second kappa shape index (κ2) is 7.77. The molecule has 2 rings (SSSR count). The molecule has 1 N–H and O–H groups in total. The Morgan fingerprint density at radius 3 is 2.52 bits per heavy atom. The number of pyridine rings is 1. The van der Waals surface area contributed by atoms with Crippen LogP contribution >= 0.6 is 0 Å². The van der Waals surface area contributed by atoms with Crippen LogP contribution in [0.1, 0.15) is 37.0 Å². The average molecular weight is 312 g/mol. The number of benzene rings is 1. The van der Waals surface area contributed by atoms with Gasteiger partial charge < -0.3 is 10.1 Å². The van der Waals surface area contributed by atoms with Gasteiger partial charge in [0, 0.05) is 25.2 Å². The van der Waals surface area contributed by atoms with Crippen molar-refractivity contribution in [2.45, 2.75) is 40.7 Å². The van der Waals surface area contributed by atoms with Crippen LogP contribution in [0, 0.1) is 19.8 Å². The maximum absolute atomic E-state index is 11.7. The number of aryl methyl sites for hydroxylation is 2. The fourth-order valence-electron chi connectivity index (χ4n) is 2.37. The molecule has 1 amide bonds. The Morgan fingerprint density at radius 1 is 1.17 bits per heavy atom. The van der Waals surface area contributed by atoms with E-state index in [9.17, 15) is 4.79 Å². The largest absolute Gasteiger partial charge is 0.439 e. The lowest BCUT2D eigenvalue weighted by molar-refractivity contribution is -0.121. The number of carbonyl (C=O) groups is 1. The molecule has 1 aromatic carbocycles. The van der Waals surface area contributed by atoms with Gasteiger partial charge in [-0.3, -0.25) is 4.79 Å². The van der Waals surface area contributed by atoms with Crippen LogP contribution in [0.3, 0.4) is 0 Å². The first kappa shape index (κ1) is 17.0. The number of aromatic nitrogens is 1. The van der Waals surface area contributed by atoms with Gasteiger partial charge in [0.15, 0.2) is 0 Å². The molecule has 0 aliphatic heterocycles. The number of nitrogens with zero attached hydrogens (tertiary/aromatic N) is 1. The Morgan fingerprint density at radius 2 is 1.87 bits per heavy atom. The number of amides is 1. The van der Waals surface area contributed by atoms with Gasteiger partial charge in [0.25, 0.3) is 0 Å². The molecule has 1 heterocycles. The molecule has 4 nitrogen and oxygen atoms in total. The summed E-state index contributed by atoms with van der Waals surface area (Å²) in [6, 6.07) is 9.79. The van der Waals surface area contributed by atoms with E-state index in [0.29, 0.717) is 24.8 Å². The monoisotopic (exact) mass is 312 g/mol. The molecule has 122 valence electrons. The molecule has 0 spiro atoms.